The minimum atomic E-state index is -0.558. The lowest BCUT2D eigenvalue weighted by atomic mass is 10.0. The highest BCUT2D eigenvalue weighted by molar-refractivity contribution is 9.10. The molecule has 0 amide bonds. The first kappa shape index (κ1) is 14.5. The fourth-order valence-corrected chi connectivity index (χ4v) is 2.88. The zero-order valence-electron chi connectivity index (χ0n) is 10.3. The van der Waals surface area contributed by atoms with Crippen LogP contribution in [0.5, 0.6) is 0 Å². The first-order valence-electron chi connectivity index (χ1n) is 5.81. The smallest absolute Gasteiger partial charge is 0.129 e. The highest BCUT2D eigenvalue weighted by atomic mass is 79.9. The number of halogens is 4. The Labute approximate surface area is 124 Å². The summed E-state index contributed by atoms with van der Waals surface area (Å²) in [5.74, 6) is -1.12. The Morgan fingerprint density at radius 3 is 2.37 bits per heavy atom. The minimum absolute atomic E-state index is 0.0279. The van der Waals surface area contributed by atoms with E-state index in [-0.39, 0.29) is 12.0 Å². The van der Waals surface area contributed by atoms with Crippen LogP contribution in [-0.4, -0.2) is 0 Å². The Morgan fingerprint density at radius 1 is 1.16 bits per heavy atom. The van der Waals surface area contributed by atoms with Crippen molar-refractivity contribution in [1.82, 2.24) is 0 Å². The monoisotopic (exact) mass is 344 g/mol. The van der Waals surface area contributed by atoms with Gasteiger partial charge in [-0.25, -0.2) is 8.78 Å². The molecule has 100 valence electrons. The van der Waals surface area contributed by atoms with Gasteiger partial charge in [-0.05, 0) is 48.7 Å². The highest BCUT2D eigenvalue weighted by Gasteiger charge is 2.16. The number of benzene rings is 2. The summed E-state index contributed by atoms with van der Waals surface area (Å²) in [6, 6.07) is 9.57. The predicted molar refractivity (Wildman–Crippen MR) is 77.5 cm³/mol. The quantitative estimate of drug-likeness (QED) is 0.639. The molecule has 0 aliphatic carbocycles. The number of hydrogen-bond acceptors (Lipinski definition) is 0. The van der Waals surface area contributed by atoms with E-state index in [2.05, 4.69) is 15.9 Å². The second-order valence-electron chi connectivity index (χ2n) is 4.43. The Balaban J connectivity index is 2.28. The fraction of sp³-hybridized carbons (Fsp3) is 0.200. The molecule has 0 bridgehead atoms. The van der Waals surface area contributed by atoms with Crippen molar-refractivity contribution < 1.29 is 8.78 Å². The summed E-state index contributed by atoms with van der Waals surface area (Å²) in [7, 11) is 0. The van der Waals surface area contributed by atoms with Gasteiger partial charge in [-0.1, -0.05) is 28.1 Å². The topological polar surface area (TPSA) is 0 Å². The van der Waals surface area contributed by atoms with E-state index in [1.165, 1.54) is 18.2 Å². The average molecular weight is 346 g/mol. The van der Waals surface area contributed by atoms with Gasteiger partial charge in [0.1, 0.15) is 11.6 Å². The van der Waals surface area contributed by atoms with Crippen molar-refractivity contribution in [2.45, 2.75) is 18.7 Å². The van der Waals surface area contributed by atoms with E-state index in [9.17, 15) is 8.78 Å². The number of hydrogen-bond donors (Lipinski definition) is 0. The van der Waals surface area contributed by atoms with Gasteiger partial charge in [0.2, 0.25) is 0 Å². The molecule has 0 radical (unpaired) electrons. The summed E-state index contributed by atoms with van der Waals surface area (Å²) in [6.45, 7) is 1.95. The van der Waals surface area contributed by atoms with Crippen molar-refractivity contribution in [1.29, 1.82) is 0 Å². The summed E-state index contributed by atoms with van der Waals surface area (Å²) in [6.07, 6.45) is 0.121. The van der Waals surface area contributed by atoms with E-state index in [1.54, 1.807) is 0 Å². The molecule has 0 saturated carbocycles. The van der Waals surface area contributed by atoms with Crippen LogP contribution in [0.2, 0.25) is 0 Å². The molecule has 0 fully saturated rings. The van der Waals surface area contributed by atoms with Gasteiger partial charge >= 0.3 is 0 Å². The standard InChI is InChI=1S/C15H12BrClF2/c1-9-5-10(7-11(16)6-9)13(17)8-12-14(18)3-2-4-15(12)19/h2-7,13H,8H2,1H3. The zero-order chi connectivity index (χ0) is 14.0. The van der Waals surface area contributed by atoms with E-state index >= 15 is 0 Å². The van der Waals surface area contributed by atoms with Crippen LogP contribution in [-0.2, 0) is 6.42 Å². The molecule has 1 atom stereocenters. The van der Waals surface area contributed by atoms with Crippen molar-refractivity contribution in [2.24, 2.45) is 0 Å². The molecule has 2 rings (SSSR count). The molecule has 2 aromatic rings. The predicted octanol–water partition coefficient (Wildman–Crippen LogP) is 5.56. The molecule has 19 heavy (non-hydrogen) atoms. The third kappa shape index (κ3) is 3.54. The molecule has 1 unspecified atom stereocenters. The van der Waals surface area contributed by atoms with Crippen molar-refractivity contribution in [3.05, 3.63) is 69.2 Å². The van der Waals surface area contributed by atoms with Gasteiger partial charge in [-0.3, -0.25) is 0 Å². The lowest BCUT2D eigenvalue weighted by molar-refractivity contribution is 0.553. The Morgan fingerprint density at radius 2 is 1.79 bits per heavy atom. The summed E-state index contributed by atoms with van der Waals surface area (Å²) in [5.41, 5.74) is 1.92. The zero-order valence-corrected chi connectivity index (χ0v) is 12.6. The normalized spacial score (nSPS) is 12.5. The van der Waals surface area contributed by atoms with Crippen LogP contribution >= 0.6 is 27.5 Å². The summed E-state index contributed by atoms with van der Waals surface area (Å²) in [5, 5.41) is -0.470. The van der Waals surface area contributed by atoms with Gasteiger partial charge < -0.3 is 0 Å². The Hall–Kier alpha value is -0.930. The van der Waals surface area contributed by atoms with E-state index in [0.29, 0.717) is 0 Å². The SMILES string of the molecule is Cc1cc(Br)cc(C(Cl)Cc2c(F)cccc2F)c1. The number of alkyl halides is 1. The molecule has 0 nitrogen and oxygen atoms in total. The van der Waals surface area contributed by atoms with Crippen LogP contribution in [0.15, 0.2) is 40.9 Å². The molecule has 0 heterocycles. The molecule has 0 N–H and O–H groups in total. The lowest BCUT2D eigenvalue weighted by Gasteiger charge is -2.12. The summed E-state index contributed by atoms with van der Waals surface area (Å²) < 4.78 is 28.1. The first-order chi connectivity index (χ1) is 8.97. The van der Waals surface area contributed by atoms with E-state index < -0.39 is 17.0 Å². The van der Waals surface area contributed by atoms with Gasteiger partial charge in [0.15, 0.2) is 0 Å². The molecule has 2 aromatic carbocycles. The van der Waals surface area contributed by atoms with Crippen LogP contribution in [0.3, 0.4) is 0 Å². The second kappa shape index (κ2) is 6.02. The fourth-order valence-electron chi connectivity index (χ4n) is 1.97. The Kier molecular flexibility index (Phi) is 4.58. The van der Waals surface area contributed by atoms with Crippen molar-refractivity contribution in [2.75, 3.05) is 0 Å². The van der Waals surface area contributed by atoms with Crippen LogP contribution in [0, 0.1) is 18.6 Å². The van der Waals surface area contributed by atoms with Gasteiger partial charge in [-0.2, -0.15) is 0 Å². The first-order valence-corrected chi connectivity index (χ1v) is 7.04. The molecule has 0 aromatic heterocycles. The van der Waals surface area contributed by atoms with Crippen molar-refractivity contribution in [3.63, 3.8) is 0 Å². The van der Waals surface area contributed by atoms with Gasteiger partial charge in [0.25, 0.3) is 0 Å². The highest BCUT2D eigenvalue weighted by Crippen LogP contribution is 2.30. The number of rotatable bonds is 3. The van der Waals surface area contributed by atoms with Gasteiger partial charge in [0, 0.05) is 10.0 Å². The molecule has 0 aliphatic heterocycles. The summed E-state index contributed by atoms with van der Waals surface area (Å²) in [4.78, 5) is 0. The number of aryl methyl sites for hydroxylation is 1. The molecular weight excluding hydrogens is 334 g/mol. The van der Waals surface area contributed by atoms with E-state index in [4.69, 9.17) is 11.6 Å². The van der Waals surface area contributed by atoms with Gasteiger partial charge in [0.05, 0.1) is 5.38 Å². The van der Waals surface area contributed by atoms with E-state index in [1.807, 2.05) is 25.1 Å². The van der Waals surface area contributed by atoms with E-state index in [0.717, 1.165) is 15.6 Å². The maximum absolute atomic E-state index is 13.6. The molecule has 0 saturated heterocycles. The van der Waals surface area contributed by atoms with Crippen LogP contribution < -0.4 is 0 Å². The van der Waals surface area contributed by atoms with Crippen LogP contribution in [0.4, 0.5) is 8.78 Å². The molecule has 0 spiro atoms. The maximum atomic E-state index is 13.6. The van der Waals surface area contributed by atoms with Crippen LogP contribution in [0.25, 0.3) is 0 Å². The van der Waals surface area contributed by atoms with Gasteiger partial charge in [-0.15, -0.1) is 11.6 Å². The molecule has 4 heteroatoms. The third-order valence-electron chi connectivity index (χ3n) is 2.87. The van der Waals surface area contributed by atoms with Crippen LogP contribution in [0.1, 0.15) is 22.1 Å². The molecule has 0 aliphatic rings. The van der Waals surface area contributed by atoms with Crippen molar-refractivity contribution in [3.8, 4) is 0 Å². The third-order valence-corrected chi connectivity index (χ3v) is 3.74. The Bertz CT molecular complexity index is 558. The second-order valence-corrected chi connectivity index (χ2v) is 5.88. The van der Waals surface area contributed by atoms with Crippen molar-refractivity contribution >= 4 is 27.5 Å². The minimum Gasteiger partial charge on any atom is -0.207 e. The lowest BCUT2D eigenvalue weighted by Crippen LogP contribution is -2.02. The maximum Gasteiger partial charge on any atom is 0.129 e. The summed E-state index contributed by atoms with van der Waals surface area (Å²) >= 11 is 9.66. The molecular formula is C15H12BrClF2. The average Bonchev–Trinajstić information content (AvgIpc) is 2.32. The largest absolute Gasteiger partial charge is 0.207 e.